The van der Waals surface area contributed by atoms with Crippen molar-refractivity contribution in [3.05, 3.63) is 0 Å². The van der Waals surface area contributed by atoms with Crippen LogP contribution in [0.4, 0.5) is 0 Å². The van der Waals surface area contributed by atoms with Crippen molar-refractivity contribution in [2.45, 2.75) is 64.5 Å². The molecule has 2 rings (SSSR count). The Balaban J connectivity index is 1.76. The SMILES string of the molecule is CC1(C)CCC(NC2CCCNCC2)C1. The van der Waals surface area contributed by atoms with E-state index in [1.807, 2.05) is 0 Å². The molecule has 1 saturated heterocycles. The van der Waals surface area contributed by atoms with E-state index in [0.29, 0.717) is 5.41 Å². The molecule has 1 aliphatic carbocycles. The molecule has 0 radical (unpaired) electrons. The van der Waals surface area contributed by atoms with E-state index in [4.69, 9.17) is 0 Å². The van der Waals surface area contributed by atoms with Crippen molar-refractivity contribution in [1.82, 2.24) is 10.6 Å². The summed E-state index contributed by atoms with van der Waals surface area (Å²) in [6.07, 6.45) is 8.18. The van der Waals surface area contributed by atoms with Crippen LogP contribution in [0.25, 0.3) is 0 Å². The highest BCUT2D eigenvalue weighted by Gasteiger charge is 2.31. The maximum Gasteiger partial charge on any atom is 0.00822 e. The summed E-state index contributed by atoms with van der Waals surface area (Å²) < 4.78 is 0. The molecule has 2 fully saturated rings. The summed E-state index contributed by atoms with van der Waals surface area (Å²) in [5, 5.41) is 7.35. The Hall–Kier alpha value is -0.0800. The lowest BCUT2D eigenvalue weighted by molar-refractivity contribution is 0.344. The van der Waals surface area contributed by atoms with E-state index < -0.39 is 0 Å². The molecule has 2 unspecified atom stereocenters. The van der Waals surface area contributed by atoms with Crippen molar-refractivity contribution >= 4 is 0 Å². The maximum atomic E-state index is 3.87. The van der Waals surface area contributed by atoms with Gasteiger partial charge in [0.25, 0.3) is 0 Å². The normalized spacial score (nSPS) is 36.4. The summed E-state index contributed by atoms with van der Waals surface area (Å²) in [7, 11) is 0. The van der Waals surface area contributed by atoms with Crippen LogP contribution in [0.2, 0.25) is 0 Å². The highest BCUT2D eigenvalue weighted by molar-refractivity contribution is 4.88. The first kappa shape index (κ1) is 11.4. The third-order valence-electron chi connectivity index (χ3n) is 4.02. The average molecular weight is 210 g/mol. The van der Waals surface area contributed by atoms with Gasteiger partial charge in [-0.3, -0.25) is 0 Å². The van der Waals surface area contributed by atoms with Gasteiger partial charge in [0.2, 0.25) is 0 Å². The van der Waals surface area contributed by atoms with E-state index in [9.17, 15) is 0 Å². The number of rotatable bonds is 2. The van der Waals surface area contributed by atoms with Crippen LogP contribution in [-0.2, 0) is 0 Å². The van der Waals surface area contributed by atoms with Crippen molar-refractivity contribution in [3.8, 4) is 0 Å². The Bertz CT molecular complexity index is 190. The minimum Gasteiger partial charge on any atom is -0.317 e. The lowest BCUT2D eigenvalue weighted by atomic mass is 9.91. The molecule has 0 spiro atoms. The standard InChI is InChI=1S/C13H26N2/c1-13(2)7-5-12(10-13)15-11-4-3-8-14-9-6-11/h11-12,14-15H,3-10H2,1-2H3. The minimum absolute atomic E-state index is 0.584. The van der Waals surface area contributed by atoms with E-state index in [1.54, 1.807) is 0 Å². The second kappa shape index (κ2) is 4.84. The fourth-order valence-electron chi connectivity index (χ4n) is 3.10. The molecule has 1 aliphatic heterocycles. The van der Waals surface area contributed by atoms with Crippen molar-refractivity contribution < 1.29 is 0 Å². The van der Waals surface area contributed by atoms with E-state index >= 15 is 0 Å². The molecule has 1 heterocycles. The summed E-state index contributed by atoms with van der Waals surface area (Å²) in [6, 6.07) is 1.57. The minimum atomic E-state index is 0.584. The lowest BCUT2D eigenvalue weighted by Crippen LogP contribution is -2.37. The molecule has 2 aliphatic rings. The highest BCUT2D eigenvalue weighted by Crippen LogP contribution is 2.37. The van der Waals surface area contributed by atoms with Crippen molar-refractivity contribution in [1.29, 1.82) is 0 Å². The first-order chi connectivity index (χ1) is 7.16. The van der Waals surface area contributed by atoms with Crippen molar-refractivity contribution in [2.75, 3.05) is 13.1 Å². The van der Waals surface area contributed by atoms with Gasteiger partial charge in [-0.25, -0.2) is 0 Å². The molecule has 2 heteroatoms. The van der Waals surface area contributed by atoms with Crippen LogP contribution in [0.5, 0.6) is 0 Å². The predicted molar refractivity (Wildman–Crippen MR) is 65.1 cm³/mol. The molecule has 2 atom stereocenters. The van der Waals surface area contributed by atoms with Crippen LogP contribution in [0.1, 0.15) is 52.4 Å². The van der Waals surface area contributed by atoms with Gasteiger partial charge in [-0.05, 0) is 57.0 Å². The van der Waals surface area contributed by atoms with E-state index in [1.165, 1.54) is 51.6 Å². The van der Waals surface area contributed by atoms with Crippen LogP contribution in [-0.4, -0.2) is 25.2 Å². The predicted octanol–water partition coefficient (Wildman–Crippen LogP) is 2.30. The van der Waals surface area contributed by atoms with Crippen molar-refractivity contribution in [3.63, 3.8) is 0 Å². The first-order valence-electron chi connectivity index (χ1n) is 6.62. The largest absolute Gasteiger partial charge is 0.317 e. The summed E-state index contributed by atoms with van der Waals surface area (Å²) in [5.74, 6) is 0. The van der Waals surface area contributed by atoms with Gasteiger partial charge in [-0.1, -0.05) is 13.8 Å². The van der Waals surface area contributed by atoms with E-state index in [-0.39, 0.29) is 0 Å². The molecule has 15 heavy (non-hydrogen) atoms. The molecule has 0 aromatic heterocycles. The molecule has 0 amide bonds. The summed E-state index contributed by atoms with van der Waals surface area (Å²) >= 11 is 0. The zero-order valence-corrected chi connectivity index (χ0v) is 10.3. The fourth-order valence-corrected chi connectivity index (χ4v) is 3.10. The smallest absolute Gasteiger partial charge is 0.00822 e. The van der Waals surface area contributed by atoms with Gasteiger partial charge in [0.05, 0.1) is 0 Å². The van der Waals surface area contributed by atoms with Gasteiger partial charge >= 0.3 is 0 Å². The van der Waals surface area contributed by atoms with Gasteiger partial charge < -0.3 is 10.6 Å². The molecular formula is C13H26N2. The monoisotopic (exact) mass is 210 g/mol. The Morgan fingerprint density at radius 2 is 1.93 bits per heavy atom. The number of hydrogen-bond donors (Lipinski definition) is 2. The van der Waals surface area contributed by atoms with E-state index in [0.717, 1.165) is 12.1 Å². The van der Waals surface area contributed by atoms with Gasteiger partial charge in [0.1, 0.15) is 0 Å². The van der Waals surface area contributed by atoms with Gasteiger partial charge in [0, 0.05) is 12.1 Å². The van der Waals surface area contributed by atoms with Gasteiger partial charge in [-0.15, -0.1) is 0 Å². The Labute approximate surface area is 94.2 Å². The van der Waals surface area contributed by atoms with Crippen LogP contribution in [0.3, 0.4) is 0 Å². The molecule has 2 nitrogen and oxygen atoms in total. The summed E-state index contributed by atoms with van der Waals surface area (Å²) in [4.78, 5) is 0. The van der Waals surface area contributed by atoms with Gasteiger partial charge in [0.15, 0.2) is 0 Å². The Morgan fingerprint density at radius 3 is 2.67 bits per heavy atom. The highest BCUT2D eigenvalue weighted by atomic mass is 15.0. The second-order valence-electron chi connectivity index (χ2n) is 6.15. The van der Waals surface area contributed by atoms with Crippen LogP contribution in [0.15, 0.2) is 0 Å². The molecular weight excluding hydrogens is 184 g/mol. The lowest BCUT2D eigenvalue weighted by Gasteiger charge is -2.23. The molecule has 2 N–H and O–H groups in total. The maximum absolute atomic E-state index is 3.87. The van der Waals surface area contributed by atoms with E-state index in [2.05, 4.69) is 24.5 Å². The third kappa shape index (κ3) is 3.46. The number of nitrogens with one attached hydrogen (secondary N) is 2. The zero-order valence-electron chi connectivity index (χ0n) is 10.3. The molecule has 0 aromatic rings. The topological polar surface area (TPSA) is 24.1 Å². The fraction of sp³-hybridized carbons (Fsp3) is 1.00. The average Bonchev–Trinajstić information content (AvgIpc) is 2.41. The summed E-state index contributed by atoms with van der Waals surface area (Å²) in [5.41, 5.74) is 0.584. The molecule has 88 valence electrons. The zero-order chi connectivity index (χ0) is 10.7. The Kier molecular flexibility index (Phi) is 3.68. The second-order valence-corrected chi connectivity index (χ2v) is 6.15. The summed E-state index contributed by atoms with van der Waals surface area (Å²) in [6.45, 7) is 7.23. The third-order valence-corrected chi connectivity index (χ3v) is 4.02. The van der Waals surface area contributed by atoms with Crippen molar-refractivity contribution in [2.24, 2.45) is 5.41 Å². The first-order valence-corrected chi connectivity index (χ1v) is 6.62. The molecule has 0 aromatic carbocycles. The van der Waals surface area contributed by atoms with Crippen LogP contribution < -0.4 is 10.6 Å². The number of hydrogen-bond acceptors (Lipinski definition) is 2. The van der Waals surface area contributed by atoms with Crippen LogP contribution >= 0.6 is 0 Å². The molecule has 0 bridgehead atoms. The Morgan fingerprint density at radius 1 is 1.07 bits per heavy atom. The van der Waals surface area contributed by atoms with Gasteiger partial charge in [-0.2, -0.15) is 0 Å². The quantitative estimate of drug-likeness (QED) is 0.731. The molecule has 1 saturated carbocycles. The van der Waals surface area contributed by atoms with Crippen LogP contribution in [0, 0.1) is 5.41 Å².